The van der Waals surface area contributed by atoms with Crippen molar-refractivity contribution in [3.05, 3.63) is 57.6 Å². The number of benzene rings is 2. The predicted octanol–water partition coefficient (Wildman–Crippen LogP) is 3.16. The zero-order valence-corrected chi connectivity index (χ0v) is 33.7. The van der Waals surface area contributed by atoms with Gasteiger partial charge in [0.05, 0.1) is 48.3 Å². The second kappa shape index (κ2) is 16.3. The summed E-state index contributed by atoms with van der Waals surface area (Å²) in [5.41, 5.74) is -2.49. The molecule has 0 saturated carbocycles. The molecule has 2 aliphatic carbocycles. The maximum atomic E-state index is 13.9. The van der Waals surface area contributed by atoms with Gasteiger partial charge in [-0.25, -0.2) is 0 Å². The Balaban J connectivity index is 1.13. The molecule has 16 heteroatoms. The van der Waals surface area contributed by atoms with E-state index in [2.05, 4.69) is 0 Å². The zero-order valence-electron chi connectivity index (χ0n) is 33.7. The molecule has 316 valence electrons. The van der Waals surface area contributed by atoms with Gasteiger partial charge in [0.25, 0.3) is 0 Å². The fourth-order valence-electron chi connectivity index (χ4n) is 9.27. The lowest BCUT2D eigenvalue weighted by molar-refractivity contribution is -0.324. The van der Waals surface area contributed by atoms with Crippen molar-refractivity contribution in [3.8, 4) is 11.5 Å². The van der Waals surface area contributed by atoms with Crippen LogP contribution in [-0.2, 0) is 42.7 Å². The molecule has 58 heavy (non-hydrogen) atoms. The number of phenolic OH excluding ortho intramolecular Hbond substituents is 2. The third kappa shape index (κ3) is 7.47. The monoisotopic (exact) mass is 811 g/mol. The Morgan fingerprint density at radius 3 is 2.21 bits per heavy atom. The molecule has 7 rings (SSSR count). The van der Waals surface area contributed by atoms with Crippen molar-refractivity contribution in [1.82, 2.24) is 4.90 Å². The van der Waals surface area contributed by atoms with Gasteiger partial charge in [-0.2, -0.15) is 0 Å². The number of esters is 1. The second-order valence-corrected chi connectivity index (χ2v) is 16.3. The maximum absolute atomic E-state index is 13.9. The Bertz CT molecular complexity index is 1940. The van der Waals surface area contributed by atoms with Crippen LogP contribution in [0.1, 0.15) is 121 Å². The van der Waals surface area contributed by atoms with E-state index in [1.807, 2.05) is 19.0 Å². The van der Waals surface area contributed by atoms with Gasteiger partial charge in [0, 0.05) is 54.8 Å². The number of hydrogen-bond donors (Lipinski definition) is 4. The number of aromatic hydroxyl groups is 2. The largest absolute Gasteiger partial charge is 0.507 e. The summed E-state index contributed by atoms with van der Waals surface area (Å²) in [6, 6.07) is 5.11. The lowest BCUT2D eigenvalue weighted by Crippen LogP contribution is -2.58. The lowest BCUT2D eigenvalue weighted by atomic mass is 9.67. The number of methoxy groups -OCH3 is 1. The molecule has 0 unspecified atom stereocenters. The number of ketones is 3. The first-order chi connectivity index (χ1) is 27.5. The van der Waals surface area contributed by atoms with E-state index in [4.69, 9.17) is 33.2 Å². The van der Waals surface area contributed by atoms with Gasteiger partial charge in [-0.1, -0.05) is 19.1 Å². The minimum atomic E-state index is -1.76. The molecule has 0 bridgehead atoms. The fraction of sp³-hybridized carbons (Fsp3) is 0.619. The molecule has 2 aromatic carbocycles. The number of phenols is 2. The molecule has 13 atom stereocenters. The summed E-state index contributed by atoms with van der Waals surface area (Å²) < 4.78 is 42.6. The first-order valence-electron chi connectivity index (χ1n) is 19.9. The van der Waals surface area contributed by atoms with Crippen LogP contribution in [-0.4, -0.2) is 137 Å². The highest BCUT2D eigenvalue weighted by atomic mass is 16.7. The van der Waals surface area contributed by atoms with Crippen LogP contribution in [0.25, 0.3) is 0 Å². The molecule has 0 amide bonds. The minimum absolute atomic E-state index is 0.00573. The predicted molar refractivity (Wildman–Crippen MR) is 201 cm³/mol. The summed E-state index contributed by atoms with van der Waals surface area (Å²) in [6.45, 7) is 6.95. The highest BCUT2D eigenvalue weighted by Gasteiger charge is 2.53. The number of carbonyl (C=O) groups is 4. The molecule has 0 aromatic heterocycles. The lowest BCUT2D eigenvalue weighted by Gasteiger charge is -2.48. The maximum Gasteiger partial charge on any atom is 0.316 e. The molecule has 16 nitrogen and oxygen atoms in total. The van der Waals surface area contributed by atoms with Gasteiger partial charge in [0.15, 0.2) is 30.4 Å². The van der Waals surface area contributed by atoms with E-state index in [1.54, 1.807) is 27.7 Å². The van der Waals surface area contributed by atoms with Gasteiger partial charge in [-0.3, -0.25) is 19.2 Å². The van der Waals surface area contributed by atoms with Crippen molar-refractivity contribution in [2.24, 2.45) is 0 Å². The highest BCUT2D eigenvalue weighted by Crippen LogP contribution is 2.54. The number of carbonyl (C=O) groups excluding carboxylic acids is 4. The van der Waals surface area contributed by atoms with E-state index >= 15 is 0 Å². The van der Waals surface area contributed by atoms with Gasteiger partial charge in [0.2, 0.25) is 5.78 Å². The topological polar surface area (TPSA) is 217 Å². The van der Waals surface area contributed by atoms with Gasteiger partial charge < -0.3 is 58.5 Å². The molecule has 5 aliphatic rings. The van der Waals surface area contributed by atoms with Crippen LogP contribution in [0.4, 0.5) is 0 Å². The van der Waals surface area contributed by atoms with Gasteiger partial charge in [-0.15, -0.1) is 0 Å². The van der Waals surface area contributed by atoms with Crippen LogP contribution in [0.15, 0.2) is 24.3 Å². The summed E-state index contributed by atoms with van der Waals surface area (Å²) in [4.78, 5) is 55.0. The smallest absolute Gasteiger partial charge is 0.316 e. The van der Waals surface area contributed by atoms with Crippen molar-refractivity contribution in [2.75, 3.05) is 21.2 Å². The van der Waals surface area contributed by atoms with Gasteiger partial charge in [0.1, 0.15) is 35.7 Å². The minimum Gasteiger partial charge on any atom is -0.507 e. The summed E-state index contributed by atoms with van der Waals surface area (Å²) in [7, 11) is 4.91. The van der Waals surface area contributed by atoms with Crippen LogP contribution < -0.4 is 0 Å². The van der Waals surface area contributed by atoms with Crippen molar-refractivity contribution in [1.29, 1.82) is 0 Å². The van der Waals surface area contributed by atoms with Crippen LogP contribution in [0.3, 0.4) is 0 Å². The molecule has 0 radical (unpaired) electrons. The van der Waals surface area contributed by atoms with E-state index in [-0.39, 0.29) is 70.9 Å². The van der Waals surface area contributed by atoms with Crippen molar-refractivity contribution < 1.29 is 72.8 Å². The SMILES string of the molecule is CC[C@@]1(O)C[C@H](O[C@@H]2C[C@H](N(C)C)[C@H](O[C@H]3C[C@H](O)[C@H](O[C@H]4CCC(=O)[C@H](C)O4)[C@H](C)O3)[C@H](C)O2)c2c(cc3c(c2O)C(=O)c2c(O)cccc2C3=O)[C@H]1C(=O)OC. The van der Waals surface area contributed by atoms with Crippen LogP contribution in [0, 0.1) is 0 Å². The second-order valence-electron chi connectivity index (χ2n) is 16.3. The summed E-state index contributed by atoms with van der Waals surface area (Å²) in [5.74, 6) is -4.59. The molecular formula is C42H53NO15. The fourth-order valence-corrected chi connectivity index (χ4v) is 9.27. The average molecular weight is 812 g/mol. The molecule has 3 aliphatic heterocycles. The molecule has 3 heterocycles. The number of likely N-dealkylation sites (N-methyl/N-ethyl adjacent to an activating group) is 1. The molecule has 2 aromatic rings. The van der Waals surface area contributed by atoms with Crippen LogP contribution in [0.5, 0.6) is 11.5 Å². The number of nitrogens with zero attached hydrogens (tertiary/aromatic N) is 1. The number of Topliss-reactive ketones (excluding diaryl/α,β-unsaturated/α-hetero) is 1. The Labute approximate surface area is 336 Å². The Morgan fingerprint density at radius 1 is 0.897 bits per heavy atom. The van der Waals surface area contributed by atoms with Gasteiger partial charge >= 0.3 is 5.97 Å². The number of rotatable bonds is 9. The van der Waals surface area contributed by atoms with Crippen molar-refractivity contribution in [2.45, 2.75) is 145 Å². The third-order valence-corrected chi connectivity index (χ3v) is 12.4. The average Bonchev–Trinajstić information content (AvgIpc) is 3.17. The quantitative estimate of drug-likeness (QED) is 0.228. The number of aliphatic hydroxyl groups excluding tert-OH is 1. The molecule has 3 fully saturated rings. The Hall–Kier alpha value is -3.84. The van der Waals surface area contributed by atoms with Crippen LogP contribution >= 0.6 is 0 Å². The summed E-state index contributed by atoms with van der Waals surface area (Å²) >= 11 is 0. The number of ether oxygens (including phenoxy) is 7. The summed E-state index contributed by atoms with van der Waals surface area (Å²) in [5, 5.41) is 45.9. The molecule has 0 spiro atoms. The van der Waals surface area contributed by atoms with Gasteiger partial charge in [-0.05, 0) is 59.0 Å². The standard InChI is InChI=1S/C42H53NO15/c1-8-42(51)17-28(33-22(35(42)41(50)52-7)14-23-34(38(33)49)37(48)32-21(36(23)47)10-9-11-26(32)45)56-30-15-24(43(5)6)39(19(3)54-30)58-31-16-27(46)40(20(4)55-31)57-29-13-12-25(44)18(2)53-29/h9-11,14,18-20,24,27-31,35,39-40,45-46,49,51H,8,12-13,15-17H2,1-7H3/t18-,19-,20-,24-,27-,28-,29-,30+,31-,35-,39+,40+,42+/m0/s1. The van der Waals surface area contributed by atoms with Crippen LogP contribution in [0.2, 0.25) is 0 Å². The third-order valence-electron chi connectivity index (χ3n) is 12.4. The number of aliphatic hydroxyl groups is 2. The highest BCUT2D eigenvalue weighted by molar-refractivity contribution is 6.30. The van der Waals surface area contributed by atoms with E-state index in [0.717, 1.165) is 0 Å². The normalized spacial score (nSPS) is 36.3. The van der Waals surface area contributed by atoms with E-state index < -0.39 is 102 Å². The van der Waals surface area contributed by atoms with E-state index in [1.165, 1.54) is 31.4 Å². The van der Waals surface area contributed by atoms with E-state index in [9.17, 15) is 39.6 Å². The number of hydrogen-bond acceptors (Lipinski definition) is 16. The number of fused-ring (bicyclic) bond motifs is 3. The first-order valence-corrected chi connectivity index (χ1v) is 19.9. The Morgan fingerprint density at radius 2 is 1.57 bits per heavy atom. The molecule has 4 N–H and O–H groups in total. The Kier molecular flexibility index (Phi) is 11.9. The zero-order chi connectivity index (χ0) is 42.0. The van der Waals surface area contributed by atoms with Crippen molar-refractivity contribution in [3.63, 3.8) is 0 Å². The summed E-state index contributed by atoms with van der Waals surface area (Å²) in [6.07, 6.45) is -6.64. The molecular weight excluding hydrogens is 758 g/mol. The van der Waals surface area contributed by atoms with E-state index in [0.29, 0.717) is 12.8 Å². The molecule has 3 saturated heterocycles. The first kappa shape index (κ1) is 42.3. The van der Waals surface area contributed by atoms with Crippen molar-refractivity contribution >= 4 is 23.3 Å².